The van der Waals surface area contributed by atoms with E-state index in [9.17, 15) is 19.5 Å². The summed E-state index contributed by atoms with van der Waals surface area (Å²) in [5.41, 5.74) is 0.277. The second-order valence-corrected chi connectivity index (χ2v) is 6.95. The van der Waals surface area contributed by atoms with Crippen molar-refractivity contribution in [2.24, 2.45) is 0 Å². The lowest BCUT2D eigenvalue weighted by atomic mass is 9.85. The summed E-state index contributed by atoms with van der Waals surface area (Å²) in [6.07, 6.45) is 2.91. The van der Waals surface area contributed by atoms with Crippen molar-refractivity contribution >= 4 is 23.5 Å². The molecule has 0 saturated carbocycles. The lowest BCUT2D eigenvalue weighted by Crippen LogP contribution is -2.49. The minimum atomic E-state index is -0.990. The van der Waals surface area contributed by atoms with E-state index in [1.807, 2.05) is 0 Å². The number of carbonyl (C=O) groups excluding carboxylic acids is 2. The number of nitrogens with zero attached hydrogens (tertiary/aromatic N) is 1. The van der Waals surface area contributed by atoms with E-state index < -0.39 is 17.4 Å². The highest BCUT2D eigenvalue weighted by molar-refractivity contribution is 5.97. The minimum absolute atomic E-state index is 0.00148. The van der Waals surface area contributed by atoms with Crippen LogP contribution >= 0.6 is 0 Å². The Kier molecular flexibility index (Phi) is 5.82. The summed E-state index contributed by atoms with van der Waals surface area (Å²) in [5.74, 6) is -1.09. The first-order chi connectivity index (χ1) is 11.8. The number of anilines is 1. The first-order valence-electron chi connectivity index (χ1n) is 8.71. The highest BCUT2D eigenvalue weighted by atomic mass is 16.4. The molecule has 0 spiro atoms. The maximum absolute atomic E-state index is 12.6. The van der Waals surface area contributed by atoms with E-state index in [0.29, 0.717) is 30.6 Å². The van der Waals surface area contributed by atoms with Crippen LogP contribution in [0.3, 0.4) is 0 Å². The van der Waals surface area contributed by atoms with E-state index in [2.05, 4.69) is 5.32 Å². The van der Waals surface area contributed by atoms with E-state index in [4.69, 9.17) is 0 Å². The maximum Gasteiger partial charge on any atom is 0.313 e. The molecule has 6 heteroatoms. The first kappa shape index (κ1) is 19.0. The topological polar surface area (TPSA) is 86.7 Å². The molecule has 1 aromatic carbocycles. The van der Waals surface area contributed by atoms with Crippen molar-refractivity contribution in [1.82, 2.24) is 4.90 Å². The van der Waals surface area contributed by atoms with Crippen molar-refractivity contribution in [3.05, 3.63) is 29.8 Å². The van der Waals surface area contributed by atoms with Crippen LogP contribution in [0.25, 0.3) is 0 Å². The zero-order chi connectivity index (χ0) is 18.6. The Hall–Kier alpha value is -2.37. The number of aliphatic carboxylic acids is 1. The third kappa shape index (κ3) is 4.18. The molecule has 1 unspecified atom stereocenters. The number of carboxylic acid groups (broad SMARTS) is 1. The summed E-state index contributed by atoms with van der Waals surface area (Å²) in [6.45, 7) is 5.70. The van der Waals surface area contributed by atoms with Gasteiger partial charge in [-0.05, 0) is 50.8 Å². The van der Waals surface area contributed by atoms with Gasteiger partial charge in [0, 0.05) is 18.7 Å². The van der Waals surface area contributed by atoms with Crippen LogP contribution in [0.5, 0.6) is 0 Å². The van der Waals surface area contributed by atoms with E-state index >= 15 is 0 Å². The SMILES string of the molecule is CCC(=O)N1CCCCC1C(=O)Nc1ccc(C(C)(C)C(=O)O)cc1. The summed E-state index contributed by atoms with van der Waals surface area (Å²) in [5, 5.41) is 12.1. The van der Waals surface area contributed by atoms with Gasteiger partial charge in [-0.15, -0.1) is 0 Å². The van der Waals surface area contributed by atoms with E-state index in [1.54, 1.807) is 49.9 Å². The number of carbonyl (C=O) groups is 3. The molecule has 2 rings (SSSR count). The second kappa shape index (κ2) is 7.68. The summed E-state index contributed by atoms with van der Waals surface area (Å²) in [6, 6.07) is 6.38. The molecule has 6 nitrogen and oxygen atoms in total. The smallest absolute Gasteiger partial charge is 0.313 e. The number of piperidine rings is 1. The fourth-order valence-corrected chi connectivity index (χ4v) is 3.03. The van der Waals surface area contributed by atoms with Crippen molar-refractivity contribution in [2.45, 2.75) is 57.9 Å². The predicted octanol–water partition coefficient (Wildman–Crippen LogP) is 2.78. The van der Waals surface area contributed by atoms with Gasteiger partial charge in [0.05, 0.1) is 5.41 Å². The molecule has 2 amide bonds. The van der Waals surface area contributed by atoms with E-state index in [0.717, 1.165) is 12.8 Å². The number of benzene rings is 1. The summed E-state index contributed by atoms with van der Waals surface area (Å²) >= 11 is 0. The van der Waals surface area contributed by atoms with Crippen molar-refractivity contribution in [2.75, 3.05) is 11.9 Å². The Balaban J connectivity index is 2.09. The van der Waals surface area contributed by atoms with Crippen molar-refractivity contribution in [3.63, 3.8) is 0 Å². The van der Waals surface area contributed by atoms with E-state index in [-0.39, 0.29) is 11.8 Å². The molecule has 1 atom stereocenters. The molecular formula is C19H26N2O4. The Bertz CT molecular complexity index is 652. The average Bonchev–Trinajstić information content (AvgIpc) is 2.61. The molecule has 0 radical (unpaired) electrons. The van der Waals surface area contributed by atoms with Gasteiger partial charge in [0.1, 0.15) is 6.04 Å². The van der Waals surface area contributed by atoms with Crippen LogP contribution < -0.4 is 5.32 Å². The van der Waals surface area contributed by atoms with E-state index in [1.165, 1.54) is 0 Å². The lowest BCUT2D eigenvalue weighted by Gasteiger charge is -2.34. The molecule has 0 aliphatic carbocycles. The quantitative estimate of drug-likeness (QED) is 0.858. The number of hydrogen-bond acceptors (Lipinski definition) is 3. The molecule has 1 aliphatic heterocycles. The van der Waals surface area contributed by atoms with Gasteiger partial charge in [-0.3, -0.25) is 14.4 Å². The van der Waals surface area contributed by atoms with Crippen LogP contribution in [0.4, 0.5) is 5.69 Å². The van der Waals surface area contributed by atoms with Crippen molar-refractivity contribution in [3.8, 4) is 0 Å². The predicted molar refractivity (Wildman–Crippen MR) is 95.4 cm³/mol. The van der Waals surface area contributed by atoms with Gasteiger partial charge in [-0.1, -0.05) is 19.1 Å². The normalized spacial score (nSPS) is 17.9. The van der Waals surface area contributed by atoms with Gasteiger partial charge >= 0.3 is 5.97 Å². The van der Waals surface area contributed by atoms with Gasteiger partial charge < -0.3 is 15.3 Å². The minimum Gasteiger partial charge on any atom is -0.481 e. The highest BCUT2D eigenvalue weighted by Crippen LogP contribution is 2.25. The van der Waals surface area contributed by atoms with Crippen LogP contribution in [-0.2, 0) is 19.8 Å². The maximum atomic E-state index is 12.6. The zero-order valence-electron chi connectivity index (χ0n) is 15.0. The third-order valence-corrected chi connectivity index (χ3v) is 4.84. The van der Waals surface area contributed by atoms with Crippen LogP contribution in [0.15, 0.2) is 24.3 Å². The molecular weight excluding hydrogens is 320 g/mol. The summed E-state index contributed by atoms with van der Waals surface area (Å²) in [7, 11) is 0. The number of amides is 2. The molecule has 25 heavy (non-hydrogen) atoms. The highest BCUT2D eigenvalue weighted by Gasteiger charge is 2.32. The summed E-state index contributed by atoms with van der Waals surface area (Å²) < 4.78 is 0. The molecule has 136 valence electrons. The Morgan fingerprint density at radius 3 is 2.40 bits per heavy atom. The molecule has 1 saturated heterocycles. The van der Waals surface area contributed by atoms with Gasteiger partial charge in [-0.25, -0.2) is 0 Å². The number of hydrogen-bond donors (Lipinski definition) is 2. The van der Waals surface area contributed by atoms with Gasteiger partial charge in [0.2, 0.25) is 11.8 Å². The Morgan fingerprint density at radius 1 is 1.20 bits per heavy atom. The average molecular weight is 346 g/mol. The summed E-state index contributed by atoms with van der Waals surface area (Å²) in [4.78, 5) is 37.6. The van der Waals surface area contributed by atoms with Gasteiger partial charge in [0.25, 0.3) is 0 Å². The number of nitrogens with one attached hydrogen (secondary N) is 1. The number of rotatable bonds is 5. The zero-order valence-corrected chi connectivity index (χ0v) is 15.0. The molecule has 1 fully saturated rings. The largest absolute Gasteiger partial charge is 0.481 e. The fraction of sp³-hybridized carbons (Fsp3) is 0.526. The molecule has 1 aliphatic rings. The molecule has 1 heterocycles. The Labute approximate surface area is 148 Å². The Morgan fingerprint density at radius 2 is 1.84 bits per heavy atom. The van der Waals surface area contributed by atoms with Crippen molar-refractivity contribution < 1.29 is 19.5 Å². The van der Waals surface area contributed by atoms with Crippen LogP contribution in [0, 0.1) is 0 Å². The second-order valence-electron chi connectivity index (χ2n) is 6.95. The van der Waals surface area contributed by atoms with Crippen LogP contribution in [0.2, 0.25) is 0 Å². The molecule has 0 bridgehead atoms. The third-order valence-electron chi connectivity index (χ3n) is 4.84. The van der Waals surface area contributed by atoms with Crippen LogP contribution in [-0.4, -0.2) is 40.4 Å². The van der Waals surface area contributed by atoms with Crippen molar-refractivity contribution in [1.29, 1.82) is 0 Å². The van der Waals surface area contributed by atoms with Gasteiger partial charge in [-0.2, -0.15) is 0 Å². The molecule has 0 aromatic heterocycles. The lowest BCUT2D eigenvalue weighted by molar-refractivity contribution is -0.142. The van der Waals surface area contributed by atoms with Gasteiger partial charge in [0.15, 0.2) is 0 Å². The molecule has 2 N–H and O–H groups in total. The van der Waals surface area contributed by atoms with Crippen LogP contribution in [0.1, 0.15) is 52.0 Å². The number of carboxylic acids is 1. The standard InChI is InChI=1S/C19H26N2O4/c1-4-16(22)21-12-6-5-7-15(21)17(23)20-14-10-8-13(9-11-14)19(2,3)18(24)25/h8-11,15H,4-7,12H2,1-3H3,(H,20,23)(H,24,25). The fourth-order valence-electron chi connectivity index (χ4n) is 3.03. The monoisotopic (exact) mass is 346 g/mol. The number of likely N-dealkylation sites (tertiary alicyclic amines) is 1. The molecule has 1 aromatic rings. The first-order valence-corrected chi connectivity index (χ1v) is 8.71.